The van der Waals surface area contributed by atoms with E-state index < -0.39 is 32.7 Å². The number of benzene rings is 2. The van der Waals surface area contributed by atoms with Crippen molar-refractivity contribution in [1.29, 1.82) is 0 Å². The SMILES string of the molecule is CS(=O)(=O)c1ccc(OC2(C(O)(Cn3cncn3)c3ccc(F)cc3F)CC2)cc1. The number of aromatic nitrogens is 3. The smallest absolute Gasteiger partial charge is 0.175 e. The molecule has 1 atom stereocenters. The summed E-state index contributed by atoms with van der Waals surface area (Å²) in [6.45, 7) is -0.170. The van der Waals surface area contributed by atoms with Crippen LogP contribution in [0.5, 0.6) is 5.75 Å². The van der Waals surface area contributed by atoms with Gasteiger partial charge in [0.05, 0.1) is 11.4 Å². The maximum atomic E-state index is 14.7. The lowest BCUT2D eigenvalue weighted by atomic mass is 9.85. The highest BCUT2D eigenvalue weighted by atomic mass is 32.2. The van der Waals surface area contributed by atoms with E-state index in [0.717, 1.165) is 12.3 Å². The Morgan fingerprint density at radius 2 is 1.90 bits per heavy atom. The monoisotopic (exact) mass is 435 g/mol. The molecule has 1 aliphatic carbocycles. The van der Waals surface area contributed by atoms with Crippen molar-refractivity contribution in [3.8, 4) is 5.75 Å². The molecule has 10 heteroatoms. The minimum absolute atomic E-state index is 0.121. The molecule has 1 aliphatic rings. The van der Waals surface area contributed by atoms with Crippen LogP contribution in [0.2, 0.25) is 0 Å². The summed E-state index contributed by atoms with van der Waals surface area (Å²) in [5.74, 6) is -1.35. The van der Waals surface area contributed by atoms with E-state index in [9.17, 15) is 22.3 Å². The third kappa shape index (κ3) is 3.68. The Bertz CT molecular complexity index is 1160. The first-order valence-corrected chi connectivity index (χ1v) is 11.0. The molecule has 2 aromatic carbocycles. The molecule has 3 aromatic rings. The van der Waals surface area contributed by atoms with Crippen molar-refractivity contribution < 1.29 is 27.0 Å². The Morgan fingerprint density at radius 3 is 2.43 bits per heavy atom. The van der Waals surface area contributed by atoms with Gasteiger partial charge in [-0.1, -0.05) is 6.07 Å². The van der Waals surface area contributed by atoms with E-state index in [4.69, 9.17) is 4.74 Å². The van der Waals surface area contributed by atoms with E-state index in [-0.39, 0.29) is 17.0 Å². The van der Waals surface area contributed by atoms with Crippen molar-refractivity contribution in [2.75, 3.05) is 6.26 Å². The maximum Gasteiger partial charge on any atom is 0.175 e. The predicted molar refractivity (Wildman–Crippen MR) is 102 cm³/mol. The number of hydrogen-bond donors (Lipinski definition) is 1. The number of ether oxygens (including phenoxy) is 1. The molecule has 0 saturated heterocycles. The van der Waals surface area contributed by atoms with Crippen LogP contribution < -0.4 is 4.74 Å². The van der Waals surface area contributed by atoms with Crippen molar-refractivity contribution in [2.45, 2.75) is 35.5 Å². The largest absolute Gasteiger partial charge is 0.484 e. The van der Waals surface area contributed by atoms with Gasteiger partial charge in [-0.05, 0) is 43.2 Å². The highest BCUT2D eigenvalue weighted by molar-refractivity contribution is 7.90. The number of hydrogen-bond acceptors (Lipinski definition) is 6. The van der Waals surface area contributed by atoms with Gasteiger partial charge >= 0.3 is 0 Å². The number of nitrogens with zero attached hydrogens (tertiary/aromatic N) is 3. The first-order chi connectivity index (χ1) is 14.1. The van der Waals surface area contributed by atoms with Crippen LogP contribution in [0.25, 0.3) is 0 Å². The summed E-state index contributed by atoms with van der Waals surface area (Å²) in [5.41, 5.74) is -3.21. The minimum Gasteiger partial charge on any atom is -0.484 e. The van der Waals surface area contributed by atoms with Crippen molar-refractivity contribution in [3.63, 3.8) is 0 Å². The molecular formula is C20H19F2N3O4S. The zero-order valence-corrected chi connectivity index (χ0v) is 16.8. The molecule has 158 valence electrons. The highest BCUT2D eigenvalue weighted by Crippen LogP contribution is 2.54. The molecule has 0 amide bonds. The number of aliphatic hydroxyl groups is 1. The van der Waals surface area contributed by atoms with E-state index in [1.54, 1.807) is 0 Å². The molecule has 0 bridgehead atoms. The molecule has 1 saturated carbocycles. The second kappa shape index (κ2) is 7.13. The molecule has 0 aliphatic heterocycles. The molecule has 0 radical (unpaired) electrons. The van der Waals surface area contributed by atoms with E-state index in [0.29, 0.717) is 24.7 Å². The maximum absolute atomic E-state index is 14.7. The Morgan fingerprint density at radius 1 is 1.20 bits per heavy atom. The molecule has 4 rings (SSSR count). The van der Waals surface area contributed by atoms with E-state index in [1.807, 2.05) is 0 Å². The van der Waals surface area contributed by atoms with Crippen molar-refractivity contribution in [2.24, 2.45) is 0 Å². The van der Waals surface area contributed by atoms with Crippen LogP contribution in [0.15, 0.2) is 60.0 Å². The van der Waals surface area contributed by atoms with Gasteiger partial charge < -0.3 is 9.84 Å². The molecular weight excluding hydrogens is 416 g/mol. The van der Waals surface area contributed by atoms with Gasteiger partial charge in [-0.15, -0.1) is 0 Å². The topological polar surface area (TPSA) is 94.3 Å². The zero-order chi connectivity index (χ0) is 21.6. The first kappa shape index (κ1) is 20.4. The third-order valence-corrected chi connectivity index (χ3v) is 6.39. The normalized spacial score (nSPS) is 17.3. The van der Waals surface area contributed by atoms with Crippen molar-refractivity contribution in [1.82, 2.24) is 14.8 Å². The molecule has 30 heavy (non-hydrogen) atoms. The Kier molecular flexibility index (Phi) is 4.86. The van der Waals surface area contributed by atoms with Crippen LogP contribution in [-0.4, -0.2) is 40.1 Å². The average Bonchev–Trinajstić information content (AvgIpc) is 3.28. The summed E-state index contributed by atoms with van der Waals surface area (Å²) in [6, 6.07) is 8.73. The standard InChI is InChI=1S/C20H19F2N3O4S/c1-30(27,28)16-5-3-15(4-6-16)29-19(8-9-19)20(26,11-25-13-23-12-24-25)17-7-2-14(21)10-18(17)22/h2-7,10,12-13,26H,8-9,11H2,1H3. The number of sulfone groups is 1. The second-order valence-electron chi connectivity index (χ2n) is 7.42. The quantitative estimate of drug-likeness (QED) is 0.613. The van der Waals surface area contributed by atoms with Gasteiger partial charge in [0.1, 0.15) is 35.6 Å². The molecule has 1 aromatic heterocycles. The summed E-state index contributed by atoms with van der Waals surface area (Å²) in [5, 5.41) is 15.7. The fourth-order valence-electron chi connectivity index (χ4n) is 3.54. The van der Waals surface area contributed by atoms with Gasteiger partial charge in [0.2, 0.25) is 0 Å². The molecule has 1 heterocycles. The molecule has 1 fully saturated rings. The zero-order valence-electron chi connectivity index (χ0n) is 16.0. The summed E-state index contributed by atoms with van der Waals surface area (Å²) in [4.78, 5) is 3.97. The summed E-state index contributed by atoms with van der Waals surface area (Å²) in [6.07, 6.45) is 4.57. The second-order valence-corrected chi connectivity index (χ2v) is 9.43. The van der Waals surface area contributed by atoms with Crippen molar-refractivity contribution in [3.05, 3.63) is 72.3 Å². The fraction of sp³-hybridized carbons (Fsp3) is 0.300. The Labute approximate surface area is 171 Å². The Balaban J connectivity index is 1.73. The summed E-state index contributed by atoms with van der Waals surface area (Å²) < 4.78 is 58.9. The van der Waals surface area contributed by atoms with Gasteiger partial charge in [-0.25, -0.2) is 26.9 Å². The van der Waals surface area contributed by atoms with Crippen molar-refractivity contribution >= 4 is 9.84 Å². The predicted octanol–water partition coefficient (Wildman–Crippen LogP) is 2.46. The minimum atomic E-state index is -3.37. The Hall–Kier alpha value is -2.85. The van der Waals surface area contributed by atoms with Gasteiger partial charge in [-0.2, -0.15) is 5.10 Å². The van der Waals surface area contributed by atoms with Crippen LogP contribution >= 0.6 is 0 Å². The van der Waals surface area contributed by atoms with E-state index >= 15 is 0 Å². The first-order valence-electron chi connectivity index (χ1n) is 9.12. The van der Waals surface area contributed by atoms with Crippen LogP contribution in [0.4, 0.5) is 8.78 Å². The van der Waals surface area contributed by atoms with Crippen LogP contribution in [0.3, 0.4) is 0 Å². The summed E-state index contributed by atoms with van der Waals surface area (Å²) in [7, 11) is -3.37. The number of halogens is 2. The lowest BCUT2D eigenvalue weighted by molar-refractivity contribution is -0.100. The third-order valence-electron chi connectivity index (χ3n) is 5.26. The van der Waals surface area contributed by atoms with Gasteiger partial charge in [-0.3, -0.25) is 0 Å². The van der Waals surface area contributed by atoms with Crippen LogP contribution in [0.1, 0.15) is 18.4 Å². The average molecular weight is 435 g/mol. The molecule has 1 unspecified atom stereocenters. The van der Waals surface area contributed by atoms with E-state index in [2.05, 4.69) is 10.1 Å². The van der Waals surface area contributed by atoms with Gasteiger partial charge in [0.15, 0.2) is 15.4 Å². The van der Waals surface area contributed by atoms with Crippen LogP contribution in [0, 0.1) is 11.6 Å². The molecule has 7 nitrogen and oxygen atoms in total. The van der Waals surface area contributed by atoms with Gasteiger partial charge in [0, 0.05) is 17.9 Å². The van der Waals surface area contributed by atoms with Crippen LogP contribution in [-0.2, 0) is 22.0 Å². The molecule has 1 N–H and O–H groups in total. The lowest BCUT2D eigenvalue weighted by Gasteiger charge is -2.37. The molecule has 0 spiro atoms. The highest BCUT2D eigenvalue weighted by Gasteiger charge is 2.63. The summed E-state index contributed by atoms with van der Waals surface area (Å²) >= 11 is 0. The number of rotatable bonds is 7. The lowest BCUT2D eigenvalue weighted by Crippen LogP contribution is -2.49. The van der Waals surface area contributed by atoms with E-state index in [1.165, 1.54) is 47.7 Å². The van der Waals surface area contributed by atoms with Gasteiger partial charge in [0.25, 0.3) is 0 Å². The fourth-order valence-corrected chi connectivity index (χ4v) is 4.17.